The summed E-state index contributed by atoms with van der Waals surface area (Å²) in [6.07, 6.45) is 0.559. The molecule has 5 rings (SSSR count). The van der Waals surface area contributed by atoms with Gasteiger partial charge in [0.2, 0.25) is 0 Å². The SMILES string of the molecule is BO/N=C/c1c2c(nc3cc(F)c(C)cc13)-c1cc3c(c(=O)n1C2)COC(=O)[C@H]3OC. The van der Waals surface area contributed by atoms with Gasteiger partial charge in [-0.05, 0) is 24.6 Å². The van der Waals surface area contributed by atoms with Gasteiger partial charge in [0.15, 0.2) is 6.10 Å². The summed E-state index contributed by atoms with van der Waals surface area (Å²) in [6.45, 7) is 1.82. The molecular formula is C21H17BFN3O5. The van der Waals surface area contributed by atoms with Gasteiger partial charge in [-0.2, -0.15) is 0 Å². The van der Waals surface area contributed by atoms with Crippen LogP contribution in [0.5, 0.6) is 0 Å². The maximum absolute atomic E-state index is 14.3. The summed E-state index contributed by atoms with van der Waals surface area (Å²) in [5.41, 5.74) is 3.99. The molecule has 2 aromatic heterocycles. The smallest absolute Gasteiger partial charge is 0.360 e. The molecule has 0 amide bonds. The molecule has 156 valence electrons. The largest absolute Gasteiger partial charge is 0.480 e. The first-order valence-corrected chi connectivity index (χ1v) is 9.60. The van der Waals surface area contributed by atoms with E-state index in [4.69, 9.17) is 14.2 Å². The lowest BCUT2D eigenvalue weighted by Crippen LogP contribution is -2.33. The maximum atomic E-state index is 14.3. The van der Waals surface area contributed by atoms with E-state index in [2.05, 4.69) is 10.1 Å². The Bertz CT molecular complexity index is 1370. The summed E-state index contributed by atoms with van der Waals surface area (Å²) in [5.74, 6) is -0.924. The van der Waals surface area contributed by atoms with Crippen molar-refractivity contribution in [1.29, 1.82) is 0 Å². The third-order valence-corrected chi connectivity index (χ3v) is 5.78. The van der Waals surface area contributed by atoms with Gasteiger partial charge < -0.3 is 18.8 Å². The number of carbonyl (C=O) groups is 1. The number of benzene rings is 1. The fourth-order valence-electron chi connectivity index (χ4n) is 4.25. The minimum absolute atomic E-state index is 0.110. The first-order valence-electron chi connectivity index (χ1n) is 9.60. The number of ether oxygens (including phenoxy) is 2. The summed E-state index contributed by atoms with van der Waals surface area (Å²) in [6, 6.07) is 4.81. The molecule has 0 saturated heterocycles. The van der Waals surface area contributed by atoms with Crippen LogP contribution in [-0.4, -0.2) is 36.9 Å². The number of carbonyl (C=O) groups excluding carboxylic acids is 1. The Morgan fingerprint density at radius 1 is 1.32 bits per heavy atom. The topological polar surface area (TPSA) is 92.0 Å². The number of rotatable bonds is 3. The van der Waals surface area contributed by atoms with Crippen molar-refractivity contribution in [3.05, 3.63) is 62.2 Å². The van der Waals surface area contributed by atoms with E-state index in [1.807, 2.05) is 0 Å². The van der Waals surface area contributed by atoms with Crippen LogP contribution in [0.3, 0.4) is 0 Å². The van der Waals surface area contributed by atoms with Crippen LogP contribution < -0.4 is 5.56 Å². The molecular weight excluding hydrogens is 404 g/mol. The summed E-state index contributed by atoms with van der Waals surface area (Å²) in [5, 5.41) is 4.61. The van der Waals surface area contributed by atoms with Crippen molar-refractivity contribution in [2.24, 2.45) is 5.16 Å². The van der Waals surface area contributed by atoms with E-state index in [1.165, 1.54) is 21.2 Å². The standard InChI is InChI=1S/C21H17BFN3O5/c1-9-3-10-12(6-24-31-22)13-7-26-17(18(13)25-16(10)5-15(9)23)4-11-14(20(26)27)8-30-21(28)19(11)29-2/h3-6,19H,7-8,22H2,1-2H3/b24-6+/t19-/m0/s1. The van der Waals surface area contributed by atoms with Crippen LogP contribution in [0.4, 0.5) is 4.39 Å². The van der Waals surface area contributed by atoms with Crippen LogP contribution in [0.15, 0.2) is 28.1 Å². The van der Waals surface area contributed by atoms with Crippen LogP contribution in [0.1, 0.15) is 33.9 Å². The molecule has 4 heterocycles. The normalized spacial score (nSPS) is 16.9. The molecule has 0 spiro atoms. The Morgan fingerprint density at radius 3 is 2.87 bits per heavy atom. The van der Waals surface area contributed by atoms with Crippen LogP contribution in [-0.2, 0) is 32.2 Å². The van der Waals surface area contributed by atoms with Gasteiger partial charge in [0.25, 0.3) is 5.56 Å². The molecule has 1 aromatic carbocycles. The van der Waals surface area contributed by atoms with E-state index in [0.29, 0.717) is 44.5 Å². The molecule has 0 radical (unpaired) electrons. The molecule has 0 bridgehead atoms. The number of aromatic nitrogens is 2. The molecule has 2 aliphatic rings. The molecule has 1 atom stereocenters. The number of oxime groups is 1. The second-order valence-electron chi connectivity index (χ2n) is 7.47. The van der Waals surface area contributed by atoms with Gasteiger partial charge in [0.05, 0.1) is 35.2 Å². The average Bonchev–Trinajstić information content (AvgIpc) is 3.11. The number of methoxy groups -OCH3 is 1. The lowest BCUT2D eigenvalue weighted by molar-refractivity contribution is -0.159. The van der Waals surface area contributed by atoms with Crippen molar-refractivity contribution in [1.82, 2.24) is 9.55 Å². The molecule has 0 fully saturated rings. The summed E-state index contributed by atoms with van der Waals surface area (Å²) in [4.78, 5) is 30.0. The molecule has 8 nitrogen and oxygen atoms in total. The number of halogens is 1. The van der Waals surface area contributed by atoms with Gasteiger partial charge in [-0.3, -0.25) is 4.79 Å². The predicted octanol–water partition coefficient (Wildman–Crippen LogP) is 1.52. The van der Waals surface area contributed by atoms with E-state index in [1.54, 1.807) is 29.8 Å². The predicted molar refractivity (Wildman–Crippen MR) is 112 cm³/mol. The number of nitrogens with zero attached hydrogens (tertiary/aromatic N) is 3. The van der Waals surface area contributed by atoms with Gasteiger partial charge >= 0.3 is 14.0 Å². The Labute approximate surface area is 176 Å². The van der Waals surface area contributed by atoms with Crippen LogP contribution in [0.25, 0.3) is 22.3 Å². The first-order chi connectivity index (χ1) is 14.9. The Kier molecular flexibility index (Phi) is 4.40. The minimum atomic E-state index is -0.985. The Morgan fingerprint density at radius 2 is 2.13 bits per heavy atom. The molecule has 2 aliphatic heterocycles. The molecule has 0 saturated carbocycles. The quantitative estimate of drug-likeness (QED) is 0.216. The van der Waals surface area contributed by atoms with Gasteiger partial charge in [0.1, 0.15) is 12.4 Å². The maximum Gasteiger partial charge on any atom is 0.360 e. The highest BCUT2D eigenvalue weighted by Crippen LogP contribution is 2.38. The minimum Gasteiger partial charge on any atom is -0.480 e. The second-order valence-corrected chi connectivity index (χ2v) is 7.47. The second kappa shape index (κ2) is 7.02. The average molecular weight is 421 g/mol. The highest BCUT2D eigenvalue weighted by atomic mass is 19.1. The summed E-state index contributed by atoms with van der Waals surface area (Å²) in [7, 11) is 2.82. The van der Waals surface area contributed by atoms with Crippen molar-refractivity contribution >= 4 is 31.1 Å². The molecule has 0 N–H and O–H groups in total. The molecule has 0 unspecified atom stereocenters. The van der Waals surface area contributed by atoms with Crippen molar-refractivity contribution in [2.45, 2.75) is 26.2 Å². The van der Waals surface area contributed by atoms with E-state index >= 15 is 0 Å². The van der Waals surface area contributed by atoms with E-state index in [-0.39, 0.29) is 24.5 Å². The summed E-state index contributed by atoms with van der Waals surface area (Å²) >= 11 is 0. The lowest BCUT2D eigenvalue weighted by atomic mass is 9.98. The van der Waals surface area contributed by atoms with Crippen molar-refractivity contribution in [2.75, 3.05) is 7.11 Å². The zero-order valence-electron chi connectivity index (χ0n) is 17.1. The van der Waals surface area contributed by atoms with Crippen LogP contribution in [0, 0.1) is 12.7 Å². The number of esters is 1. The van der Waals surface area contributed by atoms with E-state index in [0.717, 1.165) is 5.56 Å². The zero-order chi connectivity index (χ0) is 21.9. The lowest BCUT2D eigenvalue weighted by Gasteiger charge is -2.24. The van der Waals surface area contributed by atoms with E-state index in [9.17, 15) is 14.0 Å². The Balaban J connectivity index is 1.83. The molecule has 3 aromatic rings. The number of aryl methyl sites for hydroxylation is 1. The van der Waals surface area contributed by atoms with Gasteiger partial charge in [0, 0.05) is 35.3 Å². The number of pyridine rings is 2. The van der Waals surface area contributed by atoms with Gasteiger partial charge in [-0.25, -0.2) is 14.2 Å². The summed E-state index contributed by atoms with van der Waals surface area (Å²) < 4.78 is 31.1. The van der Waals surface area contributed by atoms with E-state index < -0.39 is 12.1 Å². The van der Waals surface area contributed by atoms with Crippen LogP contribution in [0.2, 0.25) is 0 Å². The number of hydrogen-bond donors (Lipinski definition) is 0. The third-order valence-electron chi connectivity index (χ3n) is 5.78. The number of fused-ring (bicyclic) bond motifs is 5. The van der Waals surface area contributed by atoms with Crippen molar-refractivity contribution < 1.29 is 23.4 Å². The van der Waals surface area contributed by atoms with Crippen LogP contribution >= 0.6 is 0 Å². The Hall–Kier alpha value is -3.53. The number of hydrogen-bond acceptors (Lipinski definition) is 7. The van der Waals surface area contributed by atoms with Gasteiger partial charge in [-0.15, -0.1) is 5.16 Å². The third kappa shape index (κ3) is 2.78. The number of cyclic esters (lactones) is 1. The van der Waals surface area contributed by atoms with Crippen molar-refractivity contribution in [3.8, 4) is 11.4 Å². The highest BCUT2D eigenvalue weighted by Gasteiger charge is 2.35. The molecule has 31 heavy (non-hydrogen) atoms. The highest BCUT2D eigenvalue weighted by molar-refractivity contribution is 6.03. The fraction of sp³-hybridized carbons (Fsp3) is 0.238. The zero-order valence-corrected chi connectivity index (χ0v) is 17.1. The molecule has 10 heteroatoms. The first kappa shape index (κ1) is 19.4. The van der Waals surface area contributed by atoms with Gasteiger partial charge in [-0.1, -0.05) is 0 Å². The molecule has 0 aliphatic carbocycles. The monoisotopic (exact) mass is 421 g/mol. The fourth-order valence-corrected chi connectivity index (χ4v) is 4.25. The van der Waals surface area contributed by atoms with Crippen molar-refractivity contribution in [3.63, 3.8) is 0 Å².